The van der Waals surface area contributed by atoms with Crippen LogP contribution in [0.3, 0.4) is 0 Å². The Kier molecular flexibility index (Phi) is 4.49. The van der Waals surface area contributed by atoms with E-state index in [0.29, 0.717) is 0 Å². The Hall–Kier alpha value is -0.920. The zero-order valence-electron chi connectivity index (χ0n) is 8.86. The topological polar surface area (TPSA) is 15.3 Å². The number of hydrogen-bond donors (Lipinski definition) is 1. The van der Waals surface area contributed by atoms with Crippen LogP contribution in [0, 0.1) is 0 Å². The third kappa shape index (κ3) is 2.99. The highest BCUT2D eigenvalue weighted by atomic mass is 15.1. The van der Waals surface area contributed by atoms with Crippen molar-refractivity contribution in [2.24, 2.45) is 0 Å². The van der Waals surface area contributed by atoms with Crippen LogP contribution in [-0.4, -0.2) is 25.5 Å². The van der Waals surface area contributed by atoms with Crippen molar-refractivity contribution in [2.75, 3.05) is 20.6 Å². The van der Waals surface area contributed by atoms with E-state index in [2.05, 4.69) is 30.6 Å². The summed E-state index contributed by atoms with van der Waals surface area (Å²) in [7, 11) is 4.07. The number of nitrogens with one attached hydrogen (secondary N) is 1. The largest absolute Gasteiger partial charge is 0.384 e. The van der Waals surface area contributed by atoms with Gasteiger partial charge in [0.05, 0.1) is 5.70 Å². The molecule has 0 aliphatic heterocycles. The minimum Gasteiger partial charge on any atom is -0.384 e. The van der Waals surface area contributed by atoms with Crippen molar-refractivity contribution >= 4 is 0 Å². The van der Waals surface area contributed by atoms with Gasteiger partial charge in [0, 0.05) is 26.3 Å². The predicted molar refractivity (Wildman–Crippen MR) is 54.9 cm³/mol. The highest BCUT2D eigenvalue weighted by Crippen LogP contribution is 2.10. The van der Waals surface area contributed by atoms with Crippen molar-refractivity contribution in [1.29, 1.82) is 0 Å². The molecule has 0 saturated carbocycles. The molecule has 2 heteroatoms. The summed E-state index contributed by atoms with van der Waals surface area (Å²) < 4.78 is 0. The van der Waals surface area contributed by atoms with Gasteiger partial charge in [-0.15, -0.1) is 0 Å². The lowest BCUT2D eigenvalue weighted by atomic mass is 10.2. The first-order chi connectivity index (χ1) is 5.50. The molecule has 0 radical (unpaired) electrons. The van der Waals surface area contributed by atoms with Crippen molar-refractivity contribution in [3.63, 3.8) is 0 Å². The van der Waals surface area contributed by atoms with E-state index in [4.69, 9.17) is 0 Å². The molecule has 0 heterocycles. The fourth-order valence-corrected chi connectivity index (χ4v) is 0.988. The van der Waals surface area contributed by atoms with Gasteiger partial charge in [0.25, 0.3) is 0 Å². The first-order valence-electron chi connectivity index (χ1n) is 4.28. The molecule has 0 aliphatic carbocycles. The van der Waals surface area contributed by atoms with Crippen LogP contribution in [0.1, 0.15) is 20.8 Å². The van der Waals surface area contributed by atoms with Crippen LogP contribution >= 0.6 is 0 Å². The first kappa shape index (κ1) is 11.1. The van der Waals surface area contributed by atoms with Gasteiger partial charge in [-0.2, -0.15) is 0 Å². The van der Waals surface area contributed by atoms with E-state index in [1.807, 2.05) is 21.0 Å². The Bertz CT molecular complexity index is 190. The van der Waals surface area contributed by atoms with Crippen molar-refractivity contribution in [2.45, 2.75) is 20.8 Å². The Morgan fingerprint density at radius 2 is 1.83 bits per heavy atom. The normalized spacial score (nSPS) is 12.1. The minimum absolute atomic E-state index is 0.938. The number of allylic oxidation sites excluding steroid dienone is 2. The summed E-state index contributed by atoms with van der Waals surface area (Å²) in [4.78, 5) is 2.09. The highest BCUT2D eigenvalue weighted by molar-refractivity contribution is 5.28. The summed E-state index contributed by atoms with van der Waals surface area (Å²) in [6.07, 6.45) is 0. The second-order valence-electron chi connectivity index (χ2n) is 3.17. The Labute approximate surface area is 76.0 Å². The highest BCUT2D eigenvalue weighted by Gasteiger charge is 2.03. The van der Waals surface area contributed by atoms with Crippen molar-refractivity contribution in [1.82, 2.24) is 10.2 Å². The SMILES string of the molecule is C=C(C)/C(NCC)=C(\C)N(C)C. The lowest BCUT2D eigenvalue weighted by Crippen LogP contribution is -2.20. The average Bonchev–Trinajstić information content (AvgIpc) is 1.98. The molecule has 0 atom stereocenters. The van der Waals surface area contributed by atoms with Gasteiger partial charge in [-0.3, -0.25) is 0 Å². The van der Waals surface area contributed by atoms with E-state index in [0.717, 1.165) is 17.8 Å². The quantitative estimate of drug-likeness (QED) is 0.646. The summed E-state index contributed by atoms with van der Waals surface area (Å²) in [6.45, 7) is 11.1. The first-order valence-corrected chi connectivity index (χ1v) is 4.28. The molecule has 0 aromatic heterocycles. The third-order valence-electron chi connectivity index (χ3n) is 1.81. The molecule has 0 rings (SSSR count). The molecule has 0 aromatic carbocycles. The van der Waals surface area contributed by atoms with Gasteiger partial charge < -0.3 is 10.2 Å². The maximum atomic E-state index is 3.93. The number of likely N-dealkylation sites (N-methyl/N-ethyl adjacent to an activating group) is 1. The summed E-state index contributed by atoms with van der Waals surface area (Å²) in [5, 5.41) is 3.30. The molecule has 0 aromatic rings. The molecular formula is C10H20N2. The zero-order chi connectivity index (χ0) is 9.72. The molecule has 0 spiro atoms. The van der Waals surface area contributed by atoms with Crippen LogP contribution in [-0.2, 0) is 0 Å². The van der Waals surface area contributed by atoms with Crippen LogP contribution in [0.2, 0.25) is 0 Å². The fraction of sp³-hybridized carbons (Fsp3) is 0.600. The van der Waals surface area contributed by atoms with E-state index in [-0.39, 0.29) is 0 Å². The van der Waals surface area contributed by atoms with E-state index < -0.39 is 0 Å². The molecule has 12 heavy (non-hydrogen) atoms. The predicted octanol–water partition coefficient (Wildman–Crippen LogP) is 1.97. The second kappa shape index (κ2) is 4.86. The number of rotatable bonds is 4. The van der Waals surface area contributed by atoms with Crippen LogP contribution in [0.4, 0.5) is 0 Å². The Balaban J connectivity index is 4.67. The standard InChI is InChI=1S/C10H20N2/c1-7-11-10(8(2)3)9(4)12(5)6/h11H,2,7H2,1,3-6H3/b10-9-. The van der Waals surface area contributed by atoms with Crippen LogP contribution in [0.5, 0.6) is 0 Å². The van der Waals surface area contributed by atoms with Gasteiger partial charge >= 0.3 is 0 Å². The molecule has 1 N–H and O–H groups in total. The van der Waals surface area contributed by atoms with Crippen molar-refractivity contribution < 1.29 is 0 Å². The van der Waals surface area contributed by atoms with E-state index in [9.17, 15) is 0 Å². The molecule has 0 saturated heterocycles. The molecule has 0 bridgehead atoms. The van der Waals surface area contributed by atoms with Crippen LogP contribution < -0.4 is 5.32 Å². The Morgan fingerprint density at radius 3 is 2.08 bits per heavy atom. The number of nitrogens with zero attached hydrogens (tertiary/aromatic N) is 1. The smallest absolute Gasteiger partial charge is 0.0555 e. The van der Waals surface area contributed by atoms with Gasteiger partial charge in [0.2, 0.25) is 0 Å². The van der Waals surface area contributed by atoms with Gasteiger partial charge in [-0.1, -0.05) is 6.58 Å². The van der Waals surface area contributed by atoms with Crippen LogP contribution in [0.15, 0.2) is 23.5 Å². The minimum atomic E-state index is 0.938. The monoisotopic (exact) mass is 168 g/mol. The summed E-state index contributed by atoms with van der Waals surface area (Å²) in [5.74, 6) is 0. The van der Waals surface area contributed by atoms with E-state index in [1.54, 1.807) is 0 Å². The Morgan fingerprint density at radius 1 is 1.33 bits per heavy atom. The maximum Gasteiger partial charge on any atom is 0.0555 e. The molecule has 0 amide bonds. The average molecular weight is 168 g/mol. The maximum absolute atomic E-state index is 3.93. The zero-order valence-corrected chi connectivity index (χ0v) is 8.86. The number of hydrogen-bond acceptors (Lipinski definition) is 2. The van der Waals surface area contributed by atoms with Gasteiger partial charge in [0.15, 0.2) is 0 Å². The fourth-order valence-electron chi connectivity index (χ4n) is 0.988. The lowest BCUT2D eigenvalue weighted by Gasteiger charge is -2.19. The molecular weight excluding hydrogens is 148 g/mol. The van der Waals surface area contributed by atoms with E-state index in [1.165, 1.54) is 5.70 Å². The summed E-state index contributed by atoms with van der Waals surface area (Å²) >= 11 is 0. The van der Waals surface area contributed by atoms with Gasteiger partial charge in [0.1, 0.15) is 0 Å². The molecule has 0 unspecified atom stereocenters. The molecule has 2 nitrogen and oxygen atoms in total. The molecule has 70 valence electrons. The van der Waals surface area contributed by atoms with E-state index >= 15 is 0 Å². The molecule has 0 aliphatic rings. The van der Waals surface area contributed by atoms with Gasteiger partial charge in [-0.05, 0) is 26.3 Å². The summed E-state index contributed by atoms with van der Waals surface area (Å²) in [6, 6.07) is 0. The third-order valence-corrected chi connectivity index (χ3v) is 1.81. The van der Waals surface area contributed by atoms with Gasteiger partial charge in [-0.25, -0.2) is 0 Å². The second-order valence-corrected chi connectivity index (χ2v) is 3.17. The lowest BCUT2D eigenvalue weighted by molar-refractivity contribution is 0.501. The van der Waals surface area contributed by atoms with Crippen LogP contribution in [0.25, 0.3) is 0 Å². The van der Waals surface area contributed by atoms with Crippen molar-refractivity contribution in [3.05, 3.63) is 23.5 Å². The van der Waals surface area contributed by atoms with Crippen molar-refractivity contribution in [3.8, 4) is 0 Å². The molecule has 0 fully saturated rings. The summed E-state index contributed by atoms with van der Waals surface area (Å²) in [5.41, 5.74) is 3.47.